The van der Waals surface area contributed by atoms with Gasteiger partial charge in [-0.05, 0) is 23.8 Å². The first-order valence-corrected chi connectivity index (χ1v) is 6.89. The summed E-state index contributed by atoms with van der Waals surface area (Å²) in [7, 11) is 0. The molecule has 4 nitrogen and oxygen atoms in total. The van der Waals surface area contributed by atoms with Crippen LogP contribution in [0.1, 0.15) is 16.7 Å². The zero-order chi connectivity index (χ0) is 14.1. The number of benzene rings is 1. The Balaban J connectivity index is 2.02. The zero-order valence-electron chi connectivity index (χ0n) is 10.9. The summed E-state index contributed by atoms with van der Waals surface area (Å²) >= 11 is 6.13. The lowest BCUT2D eigenvalue weighted by molar-refractivity contribution is 0.352. The van der Waals surface area contributed by atoms with Gasteiger partial charge in [0, 0.05) is 35.3 Å². The van der Waals surface area contributed by atoms with Gasteiger partial charge in [-0.3, -0.25) is 4.79 Å². The molecule has 0 spiro atoms. The Morgan fingerprint density at radius 3 is 3.00 bits per heavy atom. The molecule has 2 N–H and O–H groups in total. The van der Waals surface area contributed by atoms with E-state index in [9.17, 15) is 4.79 Å². The summed E-state index contributed by atoms with van der Waals surface area (Å²) in [5.74, 6) is 0.861. The molecule has 3 rings (SSSR count). The summed E-state index contributed by atoms with van der Waals surface area (Å²) in [6.45, 7) is 1.35. The standard InChI is InChI=1S/C15H15ClN2O2/c16-13-6-10-3-5-20-14(10)12(7-13)9-18-4-1-2-11(8-17)15(18)19/h1-2,4,6-7H,3,5,8-9,17H2. The Morgan fingerprint density at radius 1 is 1.35 bits per heavy atom. The first-order valence-electron chi connectivity index (χ1n) is 6.51. The van der Waals surface area contributed by atoms with Crippen LogP contribution in [-0.4, -0.2) is 11.2 Å². The molecule has 0 fully saturated rings. The highest BCUT2D eigenvalue weighted by molar-refractivity contribution is 6.30. The molecule has 0 aliphatic carbocycles. The van der Waals surface area contributed by atoms with Crippen LogP contribution in [0, 0.1) is 0 Å². The number of pyridine rings is 1. The third kappa shape index (κ3) is 2.32. The Hall–Kier alpha value is -1.78. The van der Waals surface area contributed by atoms with Crippen molar-refractivity contribution < 1.29 is 4.74 Å². The van der Waals surface area contributed by atoms with Gasteiger partial charge in [0.2, 0.25) is 0 Å². The maximum Gasteiger partial charge on any atom is 0.255 e. The summed E-state index contributed by atoms with van der Waals surface area (Å²) in [6.07, 6.45) is 2.62. The van der Waals surface area contributed by atoms with Gasteiger partial charge in [-0.25, -0.2) is 0 Å². The molecule has 104 valence electrons. The van der Waals surface area contributed by atoms with Crippen LogP contribution in [0.2, 0.25) is 5.02 Å². The number of nitrogens with two attached hydrogens (primary N) is 1. The van der Waals surface area contributed by atoms with E-state index in [1.165, 1.54) is 0 Å². The zero-order valence-corrected chi connectivity index (χ0v) is 11.7. The van der Waals surface area contributed by atoms with Crippen molar-refractivity contribution in [3.05, 3.63) is 62.5 Å². The lowest BCUT2D eigenvalue weighted by Gasteiger charge is -2.11. The van der Waals surface area contributed by atoms with Crippen molar-refractivity contribution in [3.8, 4) is 5.75 Å². The summed E-state index contributed by atoms with van der Waals surface area (Å²) < 4.78 is 7.29. The number of fused-ring (bicyclic) bond motifs is 1. The molecule has 1 aromatic carbocycles. The monoisotopic (exact) mass is 290 g/mol. The van der Waals surface area contributed by atoms with Gasteiger partial charge in [-0.2, -0.15) is 0 Å². The smallest absolute Gasteiger partial charge is 0.255 e. The van der Waals surface area contributed by atoms with E-state index >= 15 is 0 Å². The summed E-state index contributed by atoms with van der Waals surface area (Å²) in [5, 5.41) is 0.673. The SMILES string of the molecule is NCc1cccn(Cc2cc(Cl)cc3c2OCC3)c1=O. The molecule has 1 aliphatic rings. The number of hydrogen-bond acceptors (Lipinski definition) is 3. The molecular formula is C15H15ClN2O2. The lowest BCUT2D eigenvalue weighted by Crippen LogP contribution is -2.25. The van der Waals surface area contributed by atoms with Gasteiger partial charge in [0.1, 0.15) is 5.75 Å². The van der Waals surface area contributed by atoms with E-state index in [1.807, 2.05) is 18.2 Å². The van der Waals surface area contributed by atoms with Crippen molar-refractivity contribution in [1.29, 1.82) is 0 Å². The predicted molar refractivity (Wildman–Crippen MR) is 78.3 cm³/mol. The van der Waals surface area contributed by atoms with Gasteiger partial charge in [-0.1, -0.05) is 17.7 Å². The molecule has 1 aromatic heterocycles. The highest BCUT2D eigenvalue weighted by atomic mass is 35.5. The van der Waals surface area contributed by atoms with E-state index in [4.69, 9.17) is 22.1 Å². The largest absolute Gasteiger partial charge is 0.493 e. The Kier molecular flexibility index (Phi) is 3.51. The van der Waals surface area contributed by atoms with E-state index < -0.39 is 0 Å². The molecule has 5 heteroatoms. The summed E-state index contributed by atoms with van der Waals surface area (Å²) in [6, 6.07) is 7.35. The van der Waals surface area contributed by atoms with Crippen molar-refractivity contribution in [3.63, 3.8) is 0 Å². The summed E-state index contributed by atoms with van der Waals surface area (Å²) in [4.78, 5) is 12.2. The number of hydrogen-bond donors (Lipinski definition) is 1. The molecule has 0 unspecified atom stereocenters. The Morgan fingerprint density at radius 2 is 2.20 bits per heavy atom. The molecule has 0 bridgehead atoms. The second-order valence-corrected chi connectivity index (χ2v) is 5.26. The van der Waals surface area contributed by atoms with Crippen LogP contribution in [0.15, 0.2) is 35.3 Å². The molecule has 20 heavy (non-hydrogen) atoms. The van der Waals surface area contributed by atoms with E-state index in [0.717, 1.165) is 23.3 Å². The molecule has 2 heterocycles. The Labute approximate surface area is 121 Å². The van der Waals surface area contributed by atoms with E-state index in [1.54, 1.807) is 16.8 Å². The highest BCUT2D eigenvalue weighted by Gasteiger charge is 2.18. The number of ether oxygens (including phenoxy) is 1. The number of rotatable bonds is 3. The van der Waals surface area contributed by atoms with E-state index in [-0.39, 0.29) is 12.1 Å². The fourth-order valence-corrected chi connectivity index (χ4v) is 2.78. The fourth-order valence-electron chi connectivity index (χ4n) is 2.51. The van der Waals surface area contributed by atoms with Gasteiger partial charge in [0.05, 0.1) is 13.2 Å². The van der Waals surface area contributed by atoms with Crippen molar-refractivity contribution in [2.75, 3.05) is 6.61 Å². The van der Waals surface area contributed by atoms with Gasteiger partial charge in [0.25, 0.3) is 5.56 Å². The minimum atomic E-state index is -0.0678. The van der Waals surface area contributed by atoms with E-state index in [2.05, 4.69) is 0 Å². The van der Waals surface area contributed by atoms with Crippen molar-refractivity contribution in [2.24, 2.45) is 5.73 Å². The van der Waals surface area contributed by atoms with Gasteiger partial charge < -0.3 is 15.0 Å². The summed E-state index contributed by atoms with van der Waals surface area (Å²) in [5.41, 5.74) is 8.14. The minimum Gasteiger partial charge on any atom is -0.493 e. The first-order chi connectivity index (χ1) is 9.69. The van der Waals surface area contributed by atoms with Gasteiger partial charge >= 0.3 is 0 Å². The van der Waals surface area contributed by atoms with Crippen molar-refractivity contribution >= 4 is 11.6 Å². The second-order valence-electron chi connectivity index (χ2n) is 4.82. The number of halogens is 1. The number of nitrogens with zero attached hydrogens (tertiary/aromatic N) is 1. The molecule has 0 amide bonds. The molecule has 1 aliphatic heterocycles. The van der Waals surface area contributed by atoms with Crippen LogP contribution in [0.3, 0.4) is 0 Å². The predicted octanol–water partition coefficient (Wildman–Crippen LogP) is 1.94. The van der Waals surface area contributed by atoms with Crippen molar-refractivity contribution in [1.82, 2.24) is 4.57 Å². The van der Waals surface area contributed by atoms with Crippen LogP contribution in [0.4, 0.5) is 0 Å². The molecule has 0 radical (unpaired) electrons. The van der Waals surface area contributed by atoms with E-state index in [0.29, 0.717) is 23.7 Å². The fraction of sp³-hybridized carbons (Fsp3) is 0.267. The first kappa shape index (κ1) is 13.2. The molecule has 0 saturated carbocycles. The highest BCUT2D eigenvalue weighted by Crippen LogP contribution is 2.33. The van der Waals surface area contributed by atoms with Crippen LogP contribution < -0.4 is 16.0 Å². The Bertz CT molecular complexity index is 710. The normalized spacial score (nSPS) is 13.1. The average Bonchev–Trinajstić information content (AvgIpc) is 2.89. The topological polar surface area (TPSA) is 57.2 Å². The van der Waals surface area contributed by atoms with Crippen LogP contribution in [0.5, 0.6) is 5.75 Å². The van der Waals surface area contributed by atoms with Crippen LogP contribution in [0.25, 0.3) is 0 Å². The third-order valence-corrected chi connectivity index (χ3v) is 3.70. The van der Waals surface area contributed by atoms with Crippen LogP contribution in [-0.2, 0) is 19.5 Å². The number of aromatic nitrogens is 1. The van der Waals surface area contributed by atoms with Gasteiger partial charge in [0.15, 0.2) is 0 Å². The maximum absolute atomic E-state index is 12.2. The second kappa shape index (κ2) is 5.31. The molecular weight excluding hydrogens is 276 g/mol. The van der Waals surface area contributed by atoms with Gasteiger partial charge in [-0.15, -0.1) is 0 Å². The molecule has 2 aromatic rings. The molecule has 0 atom stereocenters. The quantitative estimate of drug-likeness (QED) is 0.940. The third-order valence-electron chi connectivity index (χ3n) is 3.48. The lowest BCUT2D eigenvalue weighted by atomic mass is 10.1. The maximum atomic E-state index is 12.2. The van der Waals surface area contributed by atoms with Crippen molar-refractivity contribution in [2.45, 2.75) is 19.5 Å². The minimum absolute atomic E-state index is 0.0678. The molecule has 0 saturated heterocycles. The average molecular weight is 291 g/mol. The van der Waals surface area contributed by atoms with Crippen LogP contribution >= 0.6 is 11.6 Å².